The highest BCUT2D eigenvalue weighted by Crippen LogP contribution is 2.50. The Bertz CT molecular complexity index is 837. The fourth-order valence-corrected chi connectivity index (χ4v) is 5.77. The summed E-state index contributed by atoms with van der Waals surface area (Å²) in [7, 11) is 4.88. The molecule has 2 rings (SSSR count). The lowest BCUT2D eigenvalue weighted by molar-refractivity contribution is 0.403. The van der Waals surface area contributed by atoms with E-state index in [1.807, 2.05) is 6.92 Å². The minimum absolute atomic E-state index is 0.0590. The number of rotatable bonds is 9. The number of aromatic hydroxyl groups is 1. The van der Waals surface area contributed by atoms with Crippen molar-refractivity contribution in [3.05, 3.63) is 58.7 Å². The van der Waals surface area contributed by atoms with Crippen molar-refractivity contribution in [2.45, 2.75) is 84.3 Å². The summed E-state index contributed by atoms with van der Waals surface area (Å²) in [5, 5.41) is 12.5. The minimum atomic E-state index is -0.0757. The first-order valence-corrected chi connectivity index (χ1v) is 12.3. The Morgan fingerprint density at radius 1 is 1.00 bits per heavy atom. The highest BCUT2D eigenvalue weighted by Gasteiger charge is 2.32. The lowest BCUT2D eigenvalue weighted by Crippen LogP contribution is -2.24. The van der Waals surface area contributed by atoms with Crippen LogP contribution in [0.4, 0.5) is 0 Å². The van der Waals surface area contributed by atoms with Gasteiger partial charge in [-0.05, 0) is 54.8 Å². The molecule has 2 aromatic rings. The molecule has 0 aromatic heterocycles. The molecule has 0 bridgehead atoms. The normalized spacial score (nSPS) is 14.6. The van der Waals surface area contributed by atoms with Gasteiger partial charge in [0.25, 0.3) is 0 Å². The van der Waals surface area contributed by atoms with Gasteiger partial charge in [0.2, 0.25) is 0 Å². The Morgan fingerprint density at radius 2 is 1.67 bits per heavy atom. The highest BCUT2D eigenvalue weighted by atomic mass is 31.1. The number of phenols is 1. The van der Waals surface area contributed by atoms with Crippen LogP contribution in [0.5, 0.6) is 5.75 Å². The van der Waals surface area contributed by atoms with E-state index in [0.29, 0.717) is 14.3 Å². The van der Waals surface area contributed by atoms with Crippen LogP contribution in [0.15, 0.2) is 36.4 Å². The first-order chi connectivity index (χ1) is 14.0. The van der Waals surface area contributed by atoms with Crippen molar-refractivity contribution in [1.29, 1.82) is 0 Å². The van der Waals surface area contributed by atoms with E-state index < -0.39 is 0 Å². The molecule has 2 unspecified atom stereocenters. The number of aryl methyl sites for hydroxylation is 1. The maximum atomic E-state index is 11.2. The van der Waals surface area contributed by atoms with Crippen LogP contribution >= 0.6 is 8.58 Å². The number of nitrogens with zero attached hydrogens (tertiary/aromatic N) is 1. The topological polar surface area (TPSA) is 23.5 Å². The monoisotopic (exact) mass is 427 g/mol. The molecule has 0 radical (unpaired) electrons. The van der Waals surface area contributed by atoms with Crippen LogP contribution in [0.2, 0.25) is 0 Å². The first kappa shape index (κ1) is 24.9. The van der Waals surface area contributed by atoms with Crippen molar-refractivity contribution in [2.75, 3.05) is 14.1 Å². The average Bonchev–Trinajstić information content (AvgIpc) is 2.64. The van der Waals surface area contributed by atoms with Crippen molar-refractivity contribution in [3.8, 4) is 5.75 Å². The van der Waals surface area contributed by atoms with Crippen LogP contribution in [0.3, 0.4) is 0 Å². The van der Waals surface area contributed by atoms with Crippen LogP contribution in [0, 0.1) is 6.92 Å². The molecule has 2 atom stereocenters. The van der Waals surface area contributed by atoms with Crippen molar-refractivity contribution in [1.82, 2.24) is 4.90 Å². The Kier molecular flexibility index (Phi) is 8.54. The fourth-order valence-electron chi connectivity index (χ4n) is 4.04. The summed E-state index contributed by atoms with van der Waals surface area (Å²) in [5.41, 5.74) is 4.88. The van der Waals surface area contributed by atoms with Crippen LogP contribution in [-0.2, 0) is 17.1 Å². The third kappa shape index (κ3) is 6.32. The van der Waals surface area contributed by atoms with E-state index in [4.69, 9.17) is 0 Å². The number of phenolic OH excluding ortho intramolecular Hbond substituents is 1. The Hall–Kier alpha value is -1.37. The largest absolute Gasteiger partial charge is 0.507 e. The maximum Gasteiger partial charge on any atom is 0.122 e. The van der Waals surface area contributed by atoms with E-state index in [2.05, 4.69) is 90.0 Å². The van der Waals surface area contributed by atoms with Crippen LogP contribution in [0.25, 0.3) is 0 Å². The van der Waals surface area contributed by atoms with Gasteiger partial charge >= 0.3 is 0 Å². The lowest BCUT2D eigenvalue weighted by atomic mass is 9.82. The second-order valence-corrected chi connectivity index (χ2v) is 12.1. The summed E-state index contributed by atoms with van der Waals surface area (Å²) >= 11 is 0. The van der Waals surface area contributed by atoms with Gasteiger partial charge in [0.05, 0.1) is 0 Å². The number of hydrogen-bond acceptors (Lipinski definition) is 2. The van der Waals surface area contributed by atoms with Gasteiger partial charge in [0.15, 0.2) is 0 Å². The van der Waals surface area contributed by atoms with Gasteiger partial charge in [-0.2, -0.15) is 0 Å². The predicted molar refractivity (Wildman–Crippen MR) is 135 cm³/mol. The zero-order valence-electron chi connectivity index (χ0n) is 20.4. The van der Waals surface area contributed by atoms with Gasteiger partial charge < -0.3 is 10.0 Å². The van der Waals surface area contributed by atoms with Gasteiger partial charge in [-0.1, -0.05) is 98.9 Å². The molecule has 0 aliphatic rings. The fraction of sp³-hybridized carbons (Fsp3) is 0.556. The number of hydrogen-bond donors (Lipinski definition) is 1. The van der Waals surface area contributed by atoms with Crippen molar-refractivity contribution >= 4 is 13.9 Å². The lowest BCUT2D eigenvalue weighted by Gasteiger charge is -2.34. The Labute approximate surface area is 186 Å². The molecule has 0 saturated heterocycles. The van der Waals surface area contributed by atoms with Crippen LogP contribution < -0.4 is 5.30 Å². The molecule has 2 aromatic carbocycles. The second-order valence-electron chi connectivity index (χ2n) is 10.2. The first-order valence-electron chi connectivity index (χ1n) is 11.3. The van der Waals surface area contributed by atoms with E-state index in [1.54, 1.807) is 0 Å². The molecule has 0 amide bonds. The molecule has 0 heterocycles. The smallest absolute Gasteiger partial charge is 0.122 e. The molecule has 0 saturated carbocycles. The molecule has 1 N–H and O–H groups in total. The van der Waals surface area contributed by atoms with Gasteiger partial charge in [0, 0.05) is 17.3 Å². The quantitative estimate of drug-likeness (QED) is 0.349. The van der Waals surface area contributed by atoms with Crippen molar-refractivity contribution in [3.63, 3.8) is 0 Å². The molecule has 0 aliphatic heterocycles. The molecule has 166 valence electrons. The van der Waals surface area contributed by atoms with Gasteiger partial charge in [-0.3, -0.25) is 0 Å². The zero-order chi connectivity index (χ0) is 22.5. The Morgan fingerprint density at radius 3 is 2.27 bits per heavy atom. The average molecular weight is 428 g/mol. The molecule has 0 spiro atoms. The second kappa shape index (κ2) is 10.3. The van der Waals surface area contributed by atoms with Crippen LogP contribution in [0.1, 0.15) is 82.6 Å². The summed E-state index contributed by atoms with van der Waals surface area (Å²) in [6.07, 6.45) is 4.73. The summed E-state index contributed by atoms with van der Waals surface area (Å²) in [5.74, 6) is 0.486. The van der Waals surface area contributed by atoms with E-state index in [-0.39, 0.29) is 10.6 Å². The SMILES string of the molecule is CCCCCC(C)(Pc1ccccc1CN(C)C)c1cc(C(C)(C)C)cc(C)c1O. The molecule has 30 heavy (non-hydrogen) atoms. The number of unbranched alkanes of at least 4 members (excludes halogenated alkanes) is 2. The summed E-state index contributed by atoms with van der Waals surface area (Å²) in [4.78, 5) is 2.24. The third-order valence-electron chi connectivity index (χ3n) is 5.96. The molecule has 3 heteroatoms. The molecule has 0 aliphatic carbocycles. The summed E-state index contributed by atoms with van der Waals surface area (Å²) in [6.45, 7) is 14.4. The Balaban J connectivity index is 2.57. The van der Waals surface area contributed by atoms with Crippen molar-refractivity contribution in [2.24, 2.45) is 0 Å². The van der Waals surface area contributed by atoms with Crippen LogP contribution in [-0.4, -0.2) is 24.1 Å². The summed E-state index contributed by atoms with van der Waals surface area (Å²) in [6, 6.07) is 13.3. The van der Waals surface area contributed by atoms with Gasteiger partial charge in [0.1, 0.15) is 5.75 Å². The van der Waals surface area contributed by atoms with E-state index in [9.17, 15) is 5.11 Å². The minimum Gasteiger partial charge on any atom is -0.507 e. The number of benzene rings is 2. The van der Waals surface area contributed by atoms with E-state index in [1.165, 1.54) is 35.7 Å². The molecule has 2 nitrogen and oxygen atoms in total. The summed E-state index contributed by atoms with van der Waals surface area (Å²) < 4.78 is 0. The van der Waals surface area contributed by atoms with Crippen molar-refractivity contribution < 1.29 is 5.11 Å². The third-order valence-corrected chi connectivity index (χ3v) is 7.78. The molecular weight excluding hydrogens is 385 g/mol. The molecule has 0 fully saturated rings. The van der Waals surface area contributed by atoms with E-state index >= 15 is 0 Å². The highest BCUT2D eigenvalue weighted by molar-refractivity contribution is 7.48. The van der Waals surface area contributed by atoms with E-state index in [0.717, 1.165) is 24.1 Å². The standard InChI is InChI=1S/C27H42NOP/c1-9-10-13-16-27(6,30-24-15-12-11-14-21(24)19-28(7)8)23-18-22(26(3,4)5)17-20(2)25(23)29/h11-12,14-15,17-18,29-30H,9-10,13,16,19H2,1-8H3. The molecular formula is C27H42NOP. The zero-order valence-corrected chi connectivity index (χ0v) is 21.4. The predicted octanol–water partition coefficient (Wildman–Crippen LogP) is 6.86. The van der Waals surface area contributed by atoms with Gasteiger partial charge in [-0.25, -0.2) is 0 Å². The van der Waals surface area contributed by atoms with Gasteiger partial charge in [-0.15, -0.1) is 0 Å². The maximum absolute atomic E-state index is 11.2.